The Balaban J connectivity index is 3.13. The Morgan fingerprint density at radius 1 is 1.44 bits per heavy atom. The number of aliphatic hydroxyl groups excluding tert-OH is 1. The molecule has 1 aromatic carbocycles. The van der Waals surface area contributed by atoms with Gasteiger partial charge in [-0.25, -0.2) is 4.79 Å². The fourth-order valence-electron chi connectivity index (χ4n) is 1.48. The second-order valence-corrected chi connectivity index (χ2v) is 3.50. The van der Waals surface area contributed by atoms with Gasteiger partial charge in [-0.3, -0.25) is 0 Å². The Morgan fingerprint density at radius 2 is 2.06 bits per heavy atom. The van der Waals surface area contributed by atoms with Gasteiger partial charge in [0.25, 0.3) is 0 Å². The smallest absolute Gasteiger partial charge is 0.479 e. The molecule has 0 saturated heterocycles. The molecule has 0 heterocycles. The second kappa shape index (κ2) is 5.26. The van der Waals surface area contributed by atoms with Crippen molar-refractivity contribution < 1.29 is 32.9 Å². The van der Waals surface area contributed by atoms with E-state index < -0.39 is 24.2 Å². The summed E-state index contributed by atoms with van der Waals surface area (Å²) >= 11 is 0. The summed E-state index contributed by atoms with van der Waals surface area (Å²) in [6.45, 7) is 1.69. The van der Waals surface area contributed by atoms with E-state index in [1.807, 2.05) is 0 Å². The molecule has 1 atom stereocenters. The molecule has 0 aliphatic heterocycles. The Hall–Kier alpha value is -1.76. The topological polar surface area (TPSA) is 66.8 Å². The van der Waals surface area contributed by atoms with E-state index in [0.717, 1.165) is 12.1 Å². The molecular formula is C11H11F3O4. The van der Waals surface area contributed by atoms with Crippen LogP contribution in [-0.2, 0) is 11.2 Å². The van der Waals surface area contributed by atoms with Gasteiger partial charge in [-0.1, -0.05) is 13.0 Å². The molecule has 1 rings (SSSR count). The summed E-state index contributed by atoms with van der Waals surface area (Å²) < 4.78 is 39.7. The Bertz CT molecular complexity index is 442. The number of alkyl halides is 3. The fourth-order valence-corrected chi connectivity index (χ4v) is 1.48. The Labute approximate surface area is 101 Å². The van der Waals surface area contributed by atoms with E-state index in [0.29, 0.717) is 12.0 Å². The molecule has 18 heavy (non-hydrogen) atoms. The van der Waals surface area contributed by atoms with Gasteiger partial charge >= 0.3 is 12.3 Å². The number of hydrogen-bond donors (Lipinski definition) is 2. The number of carboxylic acids is 1. The molecule has 1 aromatic rings. The van der Waals surface area contributed by atoms with Gasteiger partial charge in [0, 0.05) is 0 Å². The average molecular weight is 264 g/mol. The molecule has 0 spiro atoms. The van der Waals surface area contributed by atoms with Crippen LogP contribution in [0.25, 0.3) is 0 Å². The molecule has 0 aliphatic rings. The number of aliphatic carboxylic acids is 1. The number of rotatable bonds is 4. The van der Waals surface area contributed by atoms with Crippen molar-refractivity contribution in [2.45, 2.75) is 25.8 Å². The standard InChI is InChI=1S/C11H11F3O4/c1-2-6-3-4-7(18-11(12,13)14)5-8(6)9(15)10(16)17/h3-5,9,15H,2H2,1H3,(H,16,17). The maximum atomic E-state index is 12.0. The van der Waals surface area contributed by atoms with Gasteiger partial charge < -0.3 is 14.9 Å². The highest BCUT2D eigenvalue weighted by atomic mass is 19.4. The molecule has 100 valence electrons. The quantitative estimate of drug-likeness (QED) is 0.875. The van der Waals surface area contributed by atoms with Crippen LogP contribution in [0, 0.1) is 0 Å². The maximum Gasteiger partial charge on any atom is 0.573 e. The molecule has 0 bridgehead atoms. The zero-order valence-electron chi connectivity index (χ0n) is 9.36. The van der Waals surface area contributed by atoms with Gasteiger partial charge in [-0.2, -0.15) is 0 Å². The van der Waals surface area contributed by atoms with Crippen molar-refractivity contribution in [3.63, 3.8) is 0 Å². The van der Waals surface area contributed by atoms with Crippen LogP contribution >= 0.6 is 0 Å². The predicted octanol–water partition coefficient (Wildman–Crippen LogP) is 2.27. The number of halogens is 3. The van der Waals surface area contributed by atoms with Crippen LogP contribution in [0.4, 0.5) is 13.2 Å². The molecular weight excluding hydrogens is 253 g/mol. The van der Waals surface area contributed by atoms with Gasteiger partial charge in [0.15, 0.2) is 6.10 Å². The van der Waals surface area contributed by atoms with Crippen molar-refractivity contribution >= 4 is 5.97 Å². The van der Waals surface area contributed by atoms with E-state index in [-0.39, 0.29) is 5.56 Å². The van der Waals surface area contributed by atoms with Crippen LogP contribution in [0.15, 0.2) is 18.2 Å². The number of aryl methyl sites for hydroxylation is 1. The summed E-state index contributed by atoms with van der Waals surface area (Å²) in [6, 6.07) is 3.25. The number of carbonyl (C=O) groups is 1. The fraction of sp³-hybridized carbons (Fsp3) is 0.364. The van der Waals surface area contributed by atoms with E-state index >= 15 is 0 Å². The van der Waals surface area contributed by atoms with E-state index in [1.54, 1.807) is 6.92 Å². The first-order chi connectivity index (χ1) is 8.24. The molecule has 0 aromatic heterocycles. The minimum atomic E-state index is -4.86. The third-order valence-corrected chi connectivity index (χ3v) is 2.26. The van der Waals surface area contributed by atoms with Crippen LogP contribution in [0.3, 0.4) is 0 Å². The van der Waals surface area contributed by atoms with E-state index in [9.17, 15) is 23.1 Å². The predicted molar refractivity (Wildman–Crippen MR) is 55.1 cm³/mol. The van der Waals surface area contributed by atoms with Crippen LogP contribution in [-0.4, -0.2) is 22.5 Å². The number of ether oxygens (including phenoxy) is 1. The van der Waals surface area contributed by atoms with Crippen LogP contribution < -0.4 is 4.74 Å². The SMILES string of the molecule is CCc1ccc(OC(F)(F)F)cc1C(O)C(=O)O. The van der Waals surface area contributed by atoms with Crippen molar-refractivity contribution in [3.8, 4) is 5.75 Å². The van der Waals surface area contributed by atoms with Gasteiger partial charge in [-0.05, 0) is 29.7 Å². The highest BCUT2D eigenvalue weighted by Gasteiger charge is 2.31. The Morgan fingerprint density at radius 3 is 2.50 bits per heavy atom. The van der Waals surface area contributed by atoms with E-state index in [2.05, 4.69) is 4.74 Å². The molecule has 0 saturated carbocycles. The monoisotopic (exact) mass is 264 g/mol. The van der Waals surface area contributed by atoms with Crippen LogP contribution in [0.1, 0.15) is 24.2 Å². The second-order valence-electron chi connectivity index (χ2n) is 3.50. The highest BCUT2D eigenvalue weighted by Crippen LogP contribution is 2.28. The third kappa shape index (κ3) is 3.63. The van der Waals surface area contributed by atoms with Crippen molar-refractivity contribution in [1.82, 2.24) is 0 Å². The van der Waals surface area contributed by atoms with Crippen molar-refractivity contribution in [3.05, 3.63) is 29.3 Å². The summed E-state index contributed by atoms with van der Waals surface area (Å²) in [4.78, 5) is 10.7. The van der Waals surface area contributed by atoms with Crippen molar-refractivity contribution in [2.75, 3.05) is 0 Å². The molecule has 0 amide bonds. The minimum Gasteiger partial charge on any atom is -0.479 e. The first kappa shape index (κ1) is 14.3. The number of benzene rings is 1. The lowest BCUT2D eigenvalue weighted by molar-refractivity contribution is -0.274. The summed E-state index contributed by atoms with van der Waals surface area (Å²) in [5.41, 5.74) is 0.339. The lowest BCUT2D eigenvalue weighted by Crippen LogP contribution is -2.18. The molecule has 0 aliphatic carbocycles. The van der Waals surface area contributed by atoms with Gasteiger partial charge in [0.05, 0.1) is 0 Å². The normalized spacial score (nSPS) is 13.2. The average Bonchev–Trinajstić information content (AvgIpc) is 2.25. The van der Waals surface area contributed by atoms with Crippen molar-refractivity contribution in [1.29, 1.82) is 0 Å². The zero-order chi connectivity index (χ0) is 13.9. The molecule has 0 fully saturated rings. The van der Waals surface area contributed by atoms with E-state index in [1.165, 1.54) is 6.07 Å². The van der Waals surface area contributed by atoms with Crippen LogP contribution in [0.5, 0.6) is 5.75 Å². The lowest BCUT2D eigenvalue weighted by Gasteiger charge is -2.14. The number of carboxylic acid groups (broad SMARTS) is 1. The Kier molecular flexibility index (Phi) is 4.18. The maximum absolute atomic E-state index is 12.0. The first-order valence-corrected chi connectivity index (χ1v) is 5.04. The van der Waals surface area contributed by atoms with Crippen molar-refractivity contribution in [2.24, 2.45) is 0 Å². The summed E-state index contributed by atoms with van der Waals surface area (Å²) in [7, 11) is 0. The summed E-state index contributed by atoms with van der Waals surface area (Å²) in [5, 5.41) is 18.1. The van der Waals surface area contributed by atoms with Gasteiger partial charge in [0.2, 0.25) is 0 Å². The van der Waals surface area contributed by atoms with Gasteiger partial charge in [-0.15, -0.1) is 13.2 Å². The summed E-state index contributed by atoms with van der Waals surface area (Å²) in [5.74, 6) is -2.09. The molecule has 2 N–H and O–H groups in total. The minimum absolute atomic E-state index is 0.105. The molecule has 1 unspecified atom stereocenters. The molecule has 0 radical (unpaired) electrons. The number of hydrogen-bond acceptors (Lipinski definition) is 3. The van der Waals surface area contributed by atoms with E-state index in [4.69, 9.17) is 5.11 Å². The third-order valence-electron chi connectivity index (χ3n) is 2.26. The molecule has 7 heteroatoms. The molecule has 4 nitrogen and oxygen atoms in total. The number of aliphatic hydroxyl groups is 1. The largest absolute Gasteiger partial charge is 0.573 e. The zero-order valence-corrected chi connectivity index (χ0v) is 9.36. The first-order valence-electron chi connectivity index (χ1n) is 5.04. The summed E-state index contributed by atoms with van der Waals surface area (Å²) in [6.07, 6.45) is -6.36. The highest BCUT2D eigenvalue weighted by molar-refractivity contribution is 5.74. The lowest BCUT2D eigenvalue weighted by atomic mass is 10.00. The van der Waals surface area contributed by atoms with Crippen LogP contribution in [0.2, 0.25) is 0 Å². The van der Waals surface area contributed by atoms with Gasteiger partial charge in [0.1, 0.15) is 5.75 Å².